The van der Waals surface area contributed by atoms with Crippen molar-refractivity contribution in [2.24, 2.45) is 0 Å². The Morgan fingerprint density at radius 3 is 2.92 bits per heavy atom. The largest absolute Gasteiger partial charge is 0.379 e. The number of rotatable bonds is 3. The smallest absolute Gasteiger partial charge is 0.0701 e. The van der Waals surface area contributed by atoms with Crippen LogP contribution in [-0.4, -0.2) is 18.5 Å². The molecule has 0 spiro atoms. The van der Waals surface area contributed by atoms with Gasteiger partial charge in [-0.05, 0) is 28.1 Å². The minimum Gasteiger partial charge on any atom is -0.379 e. The molecule has 2 heterocycles. The molecule has 0 radical (unpaired) electrons. The first kappa shape index (κ1) is 9.06. The summed E-state index contributed by atoms with van der Waals surface area (Å²) in [5, 5.41) is 0.742. The number of thioether (sulfide) groups is 1. The molecule has 2 rings (SSSR count). The summed E-state index contributed by atoms with van der Waals surface area (Å²) in [5.41, 5.74) is 0. The summed E-state index contributed by atoms with van der Waals surface area (Å²) in [6.45, 7) is 1.88. The fourth-order valence-electron chi connectivity index (χ4n) is 0.940. The third-order valence-electron chi connectivity index (χ3n) is 1.70. The lowest BCUT2D eigenvalue weighted by Crippen LogP contribution is -2.30. The van der Waals surface area contributed by atoms with Crippen LogP contribution in [0.1, 0.15) is 4.88 Å². The minimum absolute atomic E-state index is 0.742. The molecule has 0 bridgehead atoms. The Labute approximate surface area is 88.6 Å². The lowest BCUT2D eigenvalue weighted by Gasteiger charge is -2.24. The van der Waals surface area contributed by atoms with E-state index in [1.165, 1.54) is 8.66 Å². The Morgan fingerprint density at radius 1 is 1.58 bits per heavy atom. The maximum Gasteiger partial charge on any atom is 0.0701 e. The Kier molecular flexibility index (Phi) is 3.12. The second kappa shape index (κ2) is 4.13. The molecule has 0 amide bonds. The monoisotopic (exact) mass is 264 g/mol. The molecule has 1 aromatic rings. The van der Waals surface area contributed by atoms with E-state index in [0.29, 0.717) is 0 Å². The number of halogens is 1. The van der Waals surface area contributed by atoms with Gasteiger partial charge in [-0.25, -0.2) is 0 Å². The summed E-state index contributed by atoms with van der Waals surface area (Å²) < 4.78 is 6.33. The molecule has 1 aliphatic heterocycles. The fourth-order valence-corrected chi connectivity index (χ4v) is 3.54. The van der Waals surface area contributed by atoms with Crippen molar-refractivity contribution < 1.29 is 4.74 Å². The van der Waals surface area contributed by atoms with E-state index in [1.807, 2.05) is 23.1 Å². The second-order valence-electron chi connectivity index (χ2n) is 2.68. The Balaban J connectivity index is 1.79. The summed E-state index contributed by atoms with van der Waals surface area (Å²) in [7, 11) is 0. The third-order valence-corrected chi connectivity index (χ3v) is 4.73. The van der Waals surface area contributed by atoms with Gasteiger partial charge in [-0.2, -0.15) is 0 Å². The minimum atomic E-state index is 0.742. The molecule has 0 saturated carbocycles. The van der Waals surface area contributed by atoms with Crippen LogP contribution >= 0.6 is 39.0 Å². The highest BCUT2D eigenvalue weighted by atomic mass is 79.9. The Hall–Kier alpha value is 0.490. The van der Waals surface area contributed by atoms with Gasteiger partial charge in [-0.15, -0.1) is 23.1 Å². The van der Waals surface area contributed by atoms with Crippen molar-refractivity contribution in [2.75, 3.05) is 13.2 Å². The van der Waals surface area contributed by atoms with Gasteiger partial charge in [0, 0.05) is 10.6 Å². The first-order valence-electron chi connectivity index (χ1n) is 3.78. The summed E-state index contributed by atoms with van der Waals surface area (Å²) in [6, 6.07) is 4.29. The van der Waals surface area contributed by atoms with E-state index in [1.54, 1.807) is 0 Å². The quantitative estimate of drug-likeness (QED) is 0.830. The predicted molar refractivity (Wildman–Crippen MR) is 57.9 cm³/mol. The highest BCUT2D eigenvalue weighted by molar-refractivity contribution is 9.11. The Morgan fingerprint density at radius 2 is 2.42 bits per heavy atom. The SMILES string of the molecule is Brc1ccc(CSC2COC2)s1. The van der Waals surface area contributed by atoms with Crippen molar-refractivity contribution in [1.29, 1.82) is 0 Å². The second-order valence-corrected chi connectivity index (χ2v) is 6.51. The zero-order valence-electron chi connectivity index (χ0n) is 6.46. The van der Waals surface area contributed by atoms with E-state index in [9.17, 15) is 0 Å². The predicted octanol–water partition coefficient (Wildman–Crippen LogP) is 3.14. The fraction of sp³-hybridized carbons (Fsp3) is 0.500. The molecule has 0 unspecified atom stereocenters. The molecule has 0 atom stereocenters. The average Bonchev–Trinajstić information content (AvgIpc) is 2.32. The van der Waals surface area contributed by atoms with Crippen LogP contribution < -0.4 is 0 Å². The van der Waals surface area contributed by atoms with Gasteiger partial charge in [0.1, 0.15) is 0 Å². The van der Waals surface area contributed by atoms with Gasteiger partial charge < -0.3 is 4.74 Å². The van der Waals surface area contributed by atoms with Crippen LogP contribution in [0.5, 0.6) is 0 Å². The molecule has 0 aromatic carbocycles. The molecule has 66 valence electrons. The van der Waals surface area contributed by atoms with Crippen molar-refractivity contribution in [2.45, 2.75) is 11.0 Å². The zero-order valence-corrected chi connectivity index (χ0v) is 9.68. The van der Waals surface area contributed by atoms with Gasteiger partial charge >= 0.3 is 0 Å². The van der Waals surface area contributed by atoms with Crippen LogP contribution in [-0.2, 0) is 10.5 Å². The first-order valence-corrected chi connectivity index (χ1v) is 6.44. The van der Waals surface area contributed by atoms with Gasteiger partial charge in [-0.3, -0.25) is 0 Å². The molecule has 12 heavy (non-hydrogen) atoms. The van der Waals surface area contributed by atoms with E-state index in [2.05, 4.69) is 28.1 Å². The summed E-state index contributed by atoms with van der Waals surface area (Å²) in [4.78, 5) is 1.44. The van der Waals surface area contributed by atoms with E-state index in [4.69, 9.17) is 4.74 Å². The van der Waals surface area contributed by atoms with Crippen LogP contribution in [0, 0.1) is 0 Å². The van der Waals surface area contributed by atoms with Gasteiger partial charge in [0.2, 0.25) is 0 Å². The van der Waals surface area contributed by atoms with Crippen LogP contribution in [0.3, 0.4) is 0 Å². The van der Waals surface area contributed by atoms with Crippen LogP contribution in [0.15, 0.2) is 15.9 Å². The standard InChI is InChI=1S/C8H9BrOS2/c9-8-2-1-6(12-8)5-11-7-3-10-4-7/h1-2,7H,3-5H2. The van der Waals surface area contributed by atoms with Crippen molar-refractivity contribution >= 4 is 39.0 Å². The van der Waals surface area contributed by atoms with Crippen molar-refractivity contribution in [3.05, 3.63) is 20.8 Å². The van der Waals surface area contributed by atoms with Crippen molar-refractivity contribution in [3.63, 3.8) is 0 Å². The van der Waals surface area contributed by atoms with Crippen molar-refractivity contribution in [1.82, 2.24) is 0 Å². The van der Waals surface area contributed by atoms with E-state index in [-0.39, 0.29) is 0 Å². The van der Waals surface area contributed by atoms with Crippen LogP contribution in [0.4, 0.5) is 0 Å². The van der Waals surface area contributed by atoms with Crippen molar-refractivity contribution in [3.8, 4) is 0 Å². The molecule has 1 saturated heterocycles. The molecule has 4 heteroatoms. The lowest BCUT2D eigenvalue weighted by molar-refractivity contribution is 0.0455. The number of hydrogen-bond donors (Lipinski definition) is 0. The van der Waals surface area contributed by atoms with Crippen LogP contribution in [0.2, 0.25) is 0 Å². The maximum atomic E-state index is 5.10. The zero-order chi connectivity index (χ0) is 8.39. The highest BCUT2D eigenvalue weighted by Gasteiger charge is 2.18. The van der Waals surface area contributed by atoms with E-state index in [0.717, 1.165) is 24.2 Å². The molecular weight excluding hydrogens is 256 g/mol. The molecular formula is C8H9BrOS2. The van der Waals surface area contributed by atoms with E-state index >= 15 is 0 Å². The maximum absolute atomic E-state index is 5.10. The highest BCUT2D eigenvalue weighted by Crippen LogP contribution is 2.29. The molecule has 0 N–H and O–H groups in total. The molecule has 1 nitrogen and oxygen atoms in total. The van der Waals surface area contributed by atoms with Crippen LogP contribution in [0.25, 0.3) is 0 Å². The first-order chi connectivity index (χ1) is 5.84. The van der Waals surface area contributed by atoms with E-state index < -0.39 is 0 Å². The average molecular weight is 265 g/mol. The molecule has 1 aromatic heterocycles. The summed E-state index contributed by atoms with van der Waals surface area (Å²) >= 11 is 7.27. The number of ether oxygens (including phenoxy) is 1. The summed E-state index contributed by atoms with van der Waals surface area (Å²) in [6.07, 6.45) is 0. The summed E-state index contributed by atoms with van der Waals surface area (Å²) in [5.74, 6) is 1.13. The Bertz CT molecular complexity index is 257. The number of thiophene rings is 1. The molecule has 1 fully saturated rings. The number of hydrogen-bond acceptors (Lipinski definition) is 3. The normalized spacial score (nSPS) is 17.8. The molecule has 1 aliphatic rings. The van der Waals surface area contributed by atoms with Gasteiger partial charge in [0.25, 0.3) is 0 Å². The molecule has 0 aliphatic carbocycles. The van der Waals surface area contributed by atoms with Gasteiger partial charge in [-0.1, -0.05) is 0 Å². The lowest BCUT2D eigenvalue weighted by atomic mass is 10.4. The topological polar surface area (TPSA) is 9.23 Å². The van der Waals surface area contributed by atoms with Gasteiger partial charge in [0.05, 0.1) is 22.3 Å². The van der Waals surface area contributed by atoms with Gasteiger partial charge in [0.15, 0.2) is 0 Å². The third kappa shape index (κ3) is 2.25.